The monoisotopic (exact) mass is 461 g/mol. The predicted octanol–water partition coefficient (Wildman–Crippen LogP) is 5.84. The number of nitrogens with zero attached hydrogens (tertiary/aromatic N) is 3. The molecule has 3 aromatic rings. The van der Waals surface area contributed by atoms with Crippen molar-refractivity contribution < 1.29 is 9.53 Å². The van der Waals surface area contributed by atoms with Crippen LogP contribution in [0.1, 0.15) is 48.2 Å². The van der Waals surface area contributed by atoms with Crippen LogP contribution >= 0.6 is 11.6 Å². The van der Waals surface area contributed by atoms with E-state index in [0.29, 0.717) is 22.4 Å². The lowest BCUT2D eigenvalue weighted by atomic mass is 9.97. The molecule has 0 bridgehead atoms. The summed E-state index contributed by atoms with van der Waals surface area (Å²) in [5.74, 6) is 1.09. The van der Waals surface area contributed by atoms with Crippen LogP contribution in [-0.2, 0) is 4.74 Å². The Balaban J connectivity index is 1.39. The third-order valence-electron chi connectivity index (χ3n) is 6.80. The Labute approximate surface area is 199 Å². The number of carbonyl (C=O) groups excluding carboxylic acids is 1. The number of benzene rings is 1. The SMILES string of the molecule is CC1CCN(C(=O)c2ccc(-c3cncc(-c4ccnc(C5CCOC5)c4)c3)c(Cl)c2)CC1. The molecule has 6 heteroatoms. The number of aromatic nitrogens is 2. The molecule has 2 fully saturated rings. The maximum absolute atomic E-state index is 12.9. The minimum Gasteiger partial charge on any atom is -0.381 e. The van der Waals surface area contributed by atoms with Crippen LogP contribution in [0.2, 0.25) is 5.02 Å². The molecule has 0 spiro atoms. The third kappa shape index (κ3) is 4.80. The van der Waals surface area contributed by atoms with E-state index in [4.69, 9.17) is 16.3 Å². The zero-order valence-corrected chi connectivity index (χ0v) is 19.6. The van der Waals surface area contributed by atoms with E-state index >= 15 is 0 Å². The predicted molar refractivity (Wildman–Crippen MR) is 130 cm³/mol. The summed E-state index contributed by atoms with van der Waals surface area (Å²) in [4.78, 5) is 23.9. The average molecular weight is 462 g/mol. The zero-order valence-electron chi connectivity index (χ0n) is 18.8. The summed E-state index contributed by atoms with van der Waals surface area (Å²) < 4.78 is 5.52. The van der Waals surface area contributed by atoms with Crippen LogP contribution in [0, 0.1) is 5.92 Å². The highest BCUT2D eigenvalue weighted by Gasteiger charge is 2.22. The fourth-order valence-corrected chi connectivity index (χ4v) is 4.93. The van der Waals surface area contributed by atoms with E-state index in [0.717, 1.165) is 73.5 Å². The molecule has 1 amide bonds. The van der Waals surface area contributed by atoms with E-state index < -0.39 is 0 Å². The number of carbonyl (C=O) groups is 1. The third-order valence-corrected chi connectivity index (χ3v) is 7.11. The molecule has 1 unspecified atom stereocenters. The molecule has 5 nitrogen and oxygen atoms in total. The van der Waals surface area contributed by atoms with Gasteiger partial charge >= 0.3 is 0 Å². The Morgan fingerprint density at radius 2 is 1.85 bits per heavy atom. The minimum absolute atomic E-state index is 0.0578. The number of hydrogen-bond acceptors (Lipinski definition) is 4. The highest BCUT2D eigenvalue weighted by molar-refractivity contribution is 6.33. The summed E-state index contributed by atoms with van der Waals surface area (Å²) in [5, 5.41) is 0.559. The number of likely N-dealkylation sites (tertiary alicyclic amines) is 1. The van der Waals surface area contributed by atoms with Crippen molar-refractivity contribution in [2.45, 2.75) is 32.1 Å². The normalized spacial score (nSPS) is 19.1. The van der Waals surface area contributed by atoms with E-state index in [1.807, 2.05) is 41.7 Å². The standard InChI is InChI=1S/C27H28ClN3O2/c1-18-5-9-31(10-6-18)27(32)20-2-3-24(25(28)13-20)23-12-22(15-29-16-23)19-4-8-30-26(14-19)21-7-11-33-17-21/h2-4,8,12-16,18,21H,5-7,9-11,17H2,1H3. The Morgan fingerprint density at radius 1 is 1.03 bits per heavy atom. The maximum Gasteiger partial charge on any atom is 0.253 e. The highest BCUT2D eigenvalue weighted by atomic mass is 35.5. The smallest absolute Gasteiger partial charge is 0.253 e. The van der Waals surface area contributed by atoms with Gasteiger partial charge in [0.2, 0.25) is 0 Å². The van der Waals surface area contributed by atoms with E-state index in [9.17, 15) is 4.79 Å². The molecule has 0 saturated carbocycles. The second-order valence-corrected chi connectivity index (χ2v) is 9.57. The van der Waals surface area contributed by atoms with Gasteiger partial charge in [-0.3, -0.25) is 14.8 Å². The molecule has 33 heavy (non-hydrogen) atoms. The fraction of sp³-hybridized carbons (Fsp3) is 0.370. The summed E-state index contributed by atoms with van der Waals surface area (Å²) >= 11 is 6.66. The number of amides is 1. The van der Waals surface area contributed by atoms with Crippen molar-refractivity contribution in [2.24, 2.45) is 5.92 Å². The molecule has 4 heterocycles. The van der Waals surface area contributed by atoms with E-state index in [2.05, 4.69) is 29.0 Å². The topological polar surface area (TPSA) is 55.3 Å². The van der Waals surface area contributed by atoms with Crippen LogP contribution < -0.4 is 0 Å². The molecule has 2 aliphatic rings. The molecule has 0 aliphatic carbocycles. The first-order valence-electron chi connectivity index (χ1n) is 11.7. The van der Waals surface area contributed by atoms with Gasteiger partial charge in [-0.2, -0.15) is 0 Å². The van der Waals surface area contributed by atoms with Crippen molar-refractivity contribution in [1.29, 1.82) is 0 Å². The Kier molecular flexibility index (Phi) is 6.43. The van der Waals surface area contributed by atoms with Crippen LogP contribution in [0.3, 0.4) is 0 Å². The number of hydrogen-bond donors (Lipinski definition) is 0. The summed E-state index contributed by atoms with van der Waals surface area (Å²) in [5.41, 5.74) is 5.57. The second-order valence-electron chi connectivity index (χ2n) is 9.16. The van der Waals surface area contributed by atoms with Crippen LogP contribution in [-0.4, -0.2) is 47.1 Å². The summed E-state index contributed by atoms with van der Waals surface area (Å²) in [6, 6.07) is 11.8. The van der Waals surface area contributed by atoms with Crippen molar-refractivity contribution >= 4 is 17.5 Å². The van der Waals surface area contributed by atoms with Crippen LogP contribution in [0.5, 0.6) is 0 Å². The first-order valence-corrected chi connectivity index (χ1v) is 12.0. The number of rotatable bonds is 4. The molecule has 170 valence electrons. The van der Waals surface area contributed by atoms with Gasteiger partial charge in [0, 0.05) is 77.2 Å². The van der Waals surface area contributed by atoms with Gasteiger partial charge in [0.25, 0.3) is 5.91 Å². The van der Waals surface area contributed by atoms with Gasteiger partial charge in [0.15, 0.2) is 0 Å². The molecule has 0 N–H and O–H groups in total. The van der Waals surface area contributed by atoms with Crippen LogP contribution in [0.15, 0.2) is 55.0 Å². The number of pyridine rings is 2. The van der Waals surface area contributed by atoms with Gasteiger partial charge in [-0.25, -0.2) is 0 Å². The molecule has 2 aromatic heterocycles. The van der Waals surface area contributed by atoms with Gasteiger partial charge in [-0.05, 0) is 61.1 Å². The Hall–Kier alpha value is -2.76. The molecular formula is C27H28ClN3O2. The van der Waals surface area contributed by atoms with E-state index in [1.165, 1.54) is 0 Å². The van der Waals surface area contributed by atoms with Gasteiger partial charge < -0.3 is 9.64 Å². The lowest BCUT2D eigenvalue weighted by molar-refractivity contribution is 0.0697. The van der Waals surface area contributed by atoms with Crippen molar-refractivity contribution in [1.82, 2.24) is 14.9 Å². The number of ether oxygens (including phenoxy) is 1. The van der Waals surface area contributed by atoms with Gasteiger partial charge in [-0.15, -0.1) is 0 Å². The van der Waals surface area contributed by atoms with Crippen molar-refractivity contribution in [3.05, 3.63) is 71.3 Å². The molecule has 1 atom stereocenters. The maximum atomic E-state index is 12.9. The summed E-state index contributed by atoms with van der Waals surface area (Å²) in [6.45, 7) is 5.39. The first kappa shape index (κ1) is 22.1. The van der Waals surface area contributed by atoms with E-state index in [1.54, 1.807) is 6.07 Å². The largest absolute Gasteiger partial charge is 0.381 e. The second kappa shape index (κ2) is 9.62. The zero-order chi connectivity index (χ0) is 22.8. The minimum atomic E-state index is 0.0578. The van der Waals surface area contributed by atoms with Crippen molar-refractivity contribution in [3.63, 3.8) is 0 Å². The van der Waals surface area contributed by atoms with Gasteiger partial charge in [-0.1, -0.05) is 24.6 Å². The average Bonchev–Trinajstić information content (AvgIpc) is 3.39. The molecule has 2 saturated heterocycles. The Morgan fingerprint density at radius 3 is 2.61 bits per heavy atom. The summed E-state index contributed by atoms with van der Waals surface area (Å²) in [6.07, 6.45) is 8.64. The summed E-state index contributed by atoms with van der Waals surface area (Å²) in [7, 11) is 0. The van der Waals surface area contributed by atoms with Crippen LogP contribution in [0.4, 0.5) is 0 Å². The number of halogens is 1. The van der Waals surface area contributed by atoms with Gasteiger partial charge in [0.1, 0.15) is 0 Å². The van der Waals surface area contributed by atoms with Crippen LogP contribution in [0.25, 0.3) is 22.3 Å². The molecular weight excluding hydrogens is 434 g/mol. The molecule has 5 rings (SSSR count). The lowest BCUT2D eigenvalue weighted by Crippen LogP contribution is -2.37. The van der Waals surface area contributed by atoms with Crippen molar-refractivity contribution in [2.75, 3.05) is 26.3 Å². The molecule has 0 radical (unpaired) electrons. The molecule has 1 aromatic carbocycles. The first-order chi connectivity index (χ1) is 16.1. The van der Waals surface area contributed by atoms with Crippen molar-refractivity contribution in [3.8, 4) is 22.3 Å². The number of piperidine rings is 1. The van der Waals surface area contributed by atoms with Gasteiger partial charge in [0.05, 0.1) is 6.61 Å². The highest BCUT2D eigenvalue weighted by Crippen LogP contribution is 2.33. The fourth-order valence-electron chi connectivity index (χ4n) is 4.64. The molecule has 2 aliphatic heterocycles. The lowest BCUT2D eigenvalue weighted by Gasteiger charge is -2.30. The van der Waals surface area contributed by atoms with E-state index in [-0.39, 0.29) is 5.91 Å². The Bertz CT molecular complexity index is 1150. The quantitative estimate of drug-likeness (QED) is 0.489.